The molecule has 2 nitrogen and oxygen atoms in total. The van der Waals surface area contributed by atoms with Crippen molar-refractivity contribution in [2.45, 2.75) is 45.1 Å². The molecule has 1 saturated heterocycles. The average molecular weight is 211 g/mol. The van der Waals surface area contributed by atoms with Crippen LogP contribution in [-0.2, 0) is 16.8 Å². The first-order valence-corrected chi connectivity index (χ1v) is 6.21. The SMILES string of the molecule is CCCc1csc(C2(C)CCCO2)n1. The molecule has 0 saturated carbocycles. The molecular formula is C11H17NOS. The Morgan fingerprint density at radius 2 is 2.50 bits per heavy atom. The Hall–Kier alpha value is -0.410. The lowest BCUT2D eigenvalue weighted by Gasteiger charge is -2.19. The van der Waals surface area contributed by atoms with E-state index in [1.807, 2.05) is 0 Å². The molecule has 0 aliphatic carbocycles. The first-order chi connectivity index (χ1) is 6.74. The Balaban J connectivity index is 2.15. The number of aromatic nitrogens is 1. The minimum absolute atomic E-state index is 0.0866. The second-order valence-corrected chi connectivity index (χ2v) is 4.93. The number of nitrogens with zero attached hydrogens (tertiary/aromatic N) is 1. The quantitative estimate of drug-likeness (QED) is 0.766. The van der Waals surface area contributed by atoms with Gasteiger partial charge in [-0.15, -0.1) is 11.3 Å². The molecule has 0 aromatic carbocycles. The molecule has 2 rings (SSSR count). The van der Waals surface area contributed by atoms with Gasteiger partial charge >= 0.3 is 0 Å². The zero-order valence-corrected chi connectivity index (χ0v) is 9.69. The summed E-state index contributed by atoms with van der Waals surface area (Å²) in [6.07, 6.45) is 4.54. The third-order valence-electron chi connectivity index (χ3n) is 2.73. The fourth-order valence-corrected chi connectivity index (χ4v) is 2.87. The number of hydrogen-bond donors (Lipinski definition) is 0. The predicted molar refractivity (Wildman–Crippen MR) is 58.6 cm³/mol. The average Bonchev–Trinajstić information content (AvgIpc) is 2.75. The van der Waals surface area contributed by atoms with Crippen LogP contribution in [-0.4, -0.2) is 11.6 Å². The fraction of sp³-hybridized carbons (Fsp3) is 0.727. The van der Waals surface area contributed by atoms with E-state index in [0.29, 0.717) is 0 Å². The summed E-state index contributed by atoms with van der Waals surface area (Å²) < 4.78 is 5.77. The van der Waals surface area contributed by atoms with Gasteiger partial charge in [-0.05, 0) is 26.2 Å². The van der Waals surface area contributed by atoms with Crippen LogP contribution in [0.4, 0.5) is 0 Å². The van der Waals surface area contributed by atoms with Crippen LogP contribution in [0, 0.1) is 0 Å². The molecule has 1 unspecified atom stereocenters. The predicted octanol–water partition coefficient (Wildman–Crippen LogP) is 3.12. The molecule has 78 valence electrons. The number of aryl methyl sites for hydroxylation is 1. The second kappa shape index (κ2) is 3.99. The van der Waals surface area contributed by atoms with Crippen molar-refractivity contribution in [3.63, 3.8) is 0 Å². The maximum atomic E-state index is 5.77. The summed E-state index contributed by atoms with van der Waals surface area (Å²) in [5.41, 5.74) is 1.14. The fourth-order valence-electron chi connectivity index (χ4n) is 1.87. The van der Waals surface area contributed by atoms with Gasteiger partial charge in [0.05, 0.1) is 5.69 Å². The number of hydrogen-bond acceptors (Lipinski definition) is 3. The third-order valence-corrected chi connectivity index (χ3v) is 3.87. The first kappa shape index (κ1) is 10.1. The van der Waals surface area contributed by atoms with Gasteiger partial charge in [0.2, 0.25) is 0 Å². The maximum Gasteiger partial charge on any atom is 0.125 e. The van der Waals surface area contributed by atoms with Crippen molar-refractivity contribution >= 4 is 11.3 Å². The topological polar surface area (TPSA) is 22.1 Å². The normalized spacial score (nSPS) is 27.0. The lowest BCUT2D eigenvalue weighted by Crippen LogP contribution is -2.19. The van der Waals surface area contributed by atoms with Crippen molar-refractivity contribution in [2.24, 2.45) is 0 Å². The summed E-state index contributed by atoms with van der Waals surface area (Å²) >= 11 is 1.75. The van der Waals surface area contributed by atoms with Gasteiger partial charge in [0, 0.05) is 12.0 Å². The van der Waals surface area contributed by atoms with E-state index < -0.39 is 0 Å². The van der Waals surface area contributed by atoms with Gasteiger partial charge < -0.3 is 4.74 Å². The summed E-state index contributed by atoms with van der Waals surface area (Å²) in [7, 11) is 0. The molecule has 0 spiro atoms. The van der Waals surface area contributed by atoms with Crippen LogP contribution >= 0.6 is 11.3 Å². The van der Waals surface area contributed by atoms with E-state index in [1.165, 1.54) is 23.5 Å². The minimum Gasteiger partial charge on any atom is -0.368 e. The van der Waals surface area contributed by atoms with Crippen molar-refractivity contribution < 1.29 is 4.74 Å². The van der Waals surface area contributed by atoms with Gasteiger partial charge in [-0.1, -0.05) is 13.3 Å². The molecule has 1 aromatic rings. The van der Waals surface area contributed by atoms with Gasteiger partial charge in [0.1, 0.15) is 10.6 Å². The smallest absolute Gasteiger partial charge is 0.125 e. The number of thiazole rings is 1. The Morgan fingerprint density at radius 1 is 1.64 bits per heavy atom. The van der Waals surface area contributed by atoms with Crippen molar-refractivity contribution in [1.29, 1.82) is 0 Å². The molecule has 0 N–H and O–H groups in total. The highest BCUT2D eigenvalue weighted by molar-refractivity contribution is 7.09. The highest BCUT2D eigenvalue weighted by Crippen LogP contribution is 2.37. The molecule has 1 aliphatic rings. The summed E-state index contributed by atoms with van der Waals surface area (Å²) in [6.45, 7) is 5.24. The number of ether oxygens (including phenoxy) is 1. The van der Waals surface area contributed by atoms with Gasteiger partial charge in [0.15, 0.2) is 0 Å². The van der Waals surface area contributed by atoms with Crippen molar-refractivity contribution in [3.05, 3.63) is 16.1 Å². The number of rotatable bonds is 3. The van der Waals surface area contributed by atoms with Crippen LogP contribution in [0.2, 0.25) is 0 Å². The monoisotopic (exact) mass is 211 g/mol. The van der Waals surface area contributed by atoms with Gasteiger partial charge in [-0.2, -0.15) is 0 Å². The molecule has 0 amide bonds. The van der Waals surface area contributed by atoms with Crippen molar-refractivity contribution in [1.82, 2.24) is 4.98 Å². The lowest BCUT2D eigenvalue weighted by molar-refractivity contribution is 0.0165. The second-order valence-electron chi connectivity index (χ2n) is 4.08. The van der Waals surface area contributed by atoms with E-state index in [9.17, 15) is 0 Å². The zero-order chi connectivity index (χ0) is 10.0. The van der Waals surface area contributed by atoms with Crippen LogP contribution in [0.1, 0.15) is 43.8 Å². The summed E-state index contributed by atoms with van der Waals surface area (Å²) in [5.74, 6) is 0. The van der Waals surface area contributed by atoms with Gasteiger partial charge in [0.25, 0.3) is 0 Å². The molecule has 1 aromatic heterocycles. The largest absolute Gasteiger partial charge is 0.368 e. The third kappa shape index (κ3) is 1.84. The van der Waals surface area contributed by atoms with E-state index >= 15 is 0 Å². The first-order valence-electron chi connectivity index (χ1n) is 5.33. The molecule has 2 heterocycles. The summed E-state index contributed by atoms with van der Waals surface area (Å²) in [5, 5.41) is 3.34. The lowest BCUT2D eigenvalue weighted by atomic mass is 10.0. The van der Waals surface area contributed by atoms with E-state index in [4.69, 9.17) is 4.74 Å². The van der Waals surface area contributed by atoms with E-state index in [0.717, 1.165) is 19.4 Å². The Bertz CT molecular complexity index is 302. The van der Waals surface area contributed by atoms with Crippen LogP contribution in [0.15, 0.2) is 5.38 Å². The highest BCUT2D eigenvalue weighted by Gasteiger charge is 2.34. The van der Waals surface area contributed by atoms with Crippen LogP contribution in [0.25, 0.3) is 0 Å². The molecule has 1 atom stereocenters. The van der Waals surface area contributed by atoms with Crippen LogP contribution in [0.3, 0.4) is 0 Å². The van der Waals surface area contributed by atoms with Gasteiger partial charge in [-0.3, -0.25) is 0 Å². The Morgan fingerprint density at radius 3 is 3.14 bits per heavy atom. The molecule has 0 radical (unpaired) electrons. The van der Waals surface area contributed by atoms with E-state index in [2.05, 4.69) is 24.2 Å². The summed E-state index contributed by atoms with van der Waals surface area (Å²) in [4.78, 5) is 4.65. The molecule has 1 aliphatic heterocycles. The van der Waals surface area contributed by atoms with Gasteiger partial charge in [-0.25, -0.2) is 4.98 Å². The van der Waals surface area contributed by atoms with E-state index in [1.54, 1.807) is 11.3 Å². The Kier molecular flexibility index (Phi) is 2.88. The van der Waals surface area contributed by atoms with E-state index in [-0.39, 0.29) is 5.60 Å². The van der Waals surface area contributed by atoms with Crippen LogP contribution in [0.5, 0.6) is 0 Å². The highest BCUT2D eigenvalue weighted by atomic mass is 32.1. The van der Waals surface area contributed by atoms with Crippen LogP contribution < -0.4 is 0 Å². The zero-order valence-electron chi connectivity index (χ0n) is 8.88. The molecule has 3 heteroatoms. The molecule has 1 fully saturated rings. The summed E-state index contributed by atoms with van der Waals surface area (Å²) in [6, 6.07) is 0. The van der Waals surface area contributed by atoms with Crippen molar-refractivity contribution in [2.75, 3.05) is 6.61 Å². The molecule has 0 bridgehead atoms. The van der Waals surface area contributed by atoms with Crippen molar-refractivity contribution in [3.8, 4) is 0 Å². The molecular weight excluding hydrogens is 194 g/mol. The molecule has 14 heavy (non-hydrogen) atoms. The standard InChI is InChI=1S/C11H17NOS/c1-3-5-9-8-14-10(12-9)11(2)6-4-7-13-11/h8H,3-7H2,1-2H3. The minimum atomic E-state index is -0.0866. The Labute approximate surface area is 89.3 Å². The maximum absolute atomic E-state index is 5.77.